The molecule has 0 bridgehead atoms. The number of nitrogens with one attached hydrogen (secondary N) is 1. The van der Waals surface area contributed by atoms with Crippen LogP contribution in [0.5, 0.6) is 11.5 Å². The molecule has 3 nitrogen and oxygen atoms in total. The van der Waals surface area contributed by atoms with E-state index in [1.165, 1.54) is 11.1 Å². The first-order chi connectivity index (χ1) is 7.35. The molecule has 16 heavy (non-hydrogen) atoms. The first-order valence-corrected chi connectivity index (χ1v) is 5.38. The van der Waals surface area contributed by atoms with Crippen LogP contribution in [0.2, 0.25) is 0 Å². The van der Waals surface area contributed by atoms with Crippen molar-refractivity contribution < 1.29 is 9.47 Å². The van der Waals surface area contributed by atoms with E-state index in [2.05, 4.69) is 17.4 Å². The zero-order valence-corrected chi connectivity index (χ0v) is 10.5. The molecule has 2 rings (SSSR count). The van der Waals surface area contributed by atoms with Crippen LogP contribution >= 0.6 is 12.4 Å². The molecule has 0 unspecified atom stereocenters. The fourth-order valence-electron chi connectivity index (χ4n) is 1.92. The van der Waals surface area contributed by atoms with Crippen LogP contribution in [0.4, 0.5) is 0 Å². The van der Waals surface area contributed by atoms with Gasteiger partial charge in [0.2, 0.25) is 0 Å². The Labute approximate surface area is 103 Å². The molecule has 0 saturated heterocycles. The highest BCUT2D eigenvalue weighted by molar-refractivity contribution is 5.85. The standard InChI is InChI=1S/C12H17NO2.ClH/c1-3-15-12-6-9-4-5-13-8-10(9)7-11(12)14-2;/h6-7,13H,3-5,8H2,1-2H3;1H. The van der Waals surface area contributed by atoms with Gasteiger partial charge < -0.3 is 14.8 Å². The SMILES string of the molecule is CCOc1cc2c(cc1OC)CNCC2.Cl. The van der Waals surface area contributed by atoms with Gasteiger partial charge in [-0.3, -0.25) is 0 Å². The summed E-state index contributed by atoms with van der Waals surface area (Å²) < 4.78 is 10.9. The van der Waals surface area contributed by atoms with Crippen LogP contribution in [0.3, 0.4) is 0 Å². The van der Waals surface area contributed by atoms with Crippen LogP contribution in [-0.4, -0.2) is 20.3 Å². The van der Waals surface area contributed by atoms with Crippen LogP contribution in [0, 0.1) is 0 Å². The molecule has 0 spiro atoms. The number of ether oxygens (including phenoxy) is 2. The van der Waals surface area contributed by atoms with Crippen molar-refractivity contribution in [2.24, 2.45) is 0 Å². The highest BCUT2D eigenvalue weighted by Crippen LogP contribution is 2.32. The van der Waals surface area contributed by atoms with Crippen molar-refractivity contribution >= 4 is 12.4 Å². The van der Waals surface area contributed by atoms with Crippen molar-refractivity contribution in [3.8, 4) is 11.5 Å². The summed E-state index contributed by atoms with van der Waals surface area (Å²) in [6.07, 6.45) is 1.07. The Morgan fingerprint density at radius 2 is 2.00 bits per heavy atom. The predicted octanol–water partition coefficient (Wildman–Crippen LogP) is 2.16. The van der Waals surface area contributed by atoms with Gasteiger partial charge in [-0.15, -0.1) is 12.4 Å². The Bertz CT molecular complexity index is 355. The largest absolute Gasteiger partial charge is 0.493 e. The fraction of sp³-hybridized carbons (Fsp3) is 0.500. The molecule has 1 aromatic rings. The lowest BCUT2D eigenvalue weighted by Crippen LogP contribution is -2.23. The van der Waals surface area contributed by atoms with E-state index >= 15 is 0 Å². The molecule has 1 aliphatic heterocycles. The number of fused-ring (bicyclic) bond motifs is 1. The number of hydrogen-bond acceptors (Lipinski definition) is 3. The monoisotopic (exact) mass is 243 g/mol. The minimum absolute atomic E-state index is 0. The minimum atomic E-state index is 0. The van der Waals surface area contributed by atoms with Crippen molar-refractivity contribution in [2.75, 3.05) is 20.3 Å². The number of benzene rings is 1. The van der Waals surface area contributed by atoms with Gasteiger partial charge in [0.15, 0.2) is 11.5 Å². The maximum Gasteiger partial charge on any atom is 0.161 e. The molecular weight excluding hydrogens is 226 g/mol. The van der Waals surface area contributed by atoms with Gasteiger partial charge in [0, 0.05) is 6.54 Å². The number of hydrogen-bond donors (Lipinski definition) is 1. The first-order valence-electron chi connectivity index (χ1n) is 5.38. The van der Waals surface area contributed by atoms with Crippen LogP contribution in [0.1, 0.15) is 18.1 Å². The van der Waals surface area contributed by atoms with E-state index in [0.29, 0.717) is 6.61 Å². The molecular formula is C12H18ClNO2. The molecule has 0 aromatic heterocycles. The van der Waals surface area contributed by atoms with Gasteiger partial charge in [0.05, 0.1) is 13.7 Å². The Kier molecular flexibility index (Phi) is 4.90. The molecule has 0 aliphatic carbocycles. The van der Waals surface area contributed by atoms with Gasteiger partial charge in [-0.25, -0.2) is 0 Å². The summed E-state index contributed by atoms with van der Waals surface area (Å²) in [5, 5.41) is 3.35. The second-order valence-corrected chi connectivity index (χ2v) is 3.63. The average molecular weight is 244 g/mol. The average Bonchev–Trinajstić information content (AvgIpc) is 2.28. The maximum absolute atomic E-state index is 5.55. The summed E-state index contributed by atoms with van der Waals surface area (Å²) in [6.45, 7) is 4.64. The van der Waals surface area contributed by atoms with E-state index in [-0.39, 0.29) is 12.4 Å². The second-order valence-electron chi connectivity index (χ2n) is 3.63. The first kappa shape index (κ1) is 13.1. The molecule has 0 radical (unpaired) electrons. The van der Waals surface area contributed by atoms with Gasteiger partial charge >= 0.3 is 0 Å². The number of rotatable bonds is 3. The summed E-state index contributed by atoms with van der Waals surface area (Å²) in [5.74, 6) is 1.69. The molecule has 90 valence electrons. The molecule has 1 heterocycles. The van der Waals surface area contributed by atoms with Gasteiger partial charge in [0.1, 0.15) is 0 Å². The van der Waals surface area contributed by atoms with Crippen molar-refractivity contribution in [1.29, 1.82) is 0 Å². The van der Waals surface area contributed by atoms with E-state index < -0.39 is 0 Å². The summed E-state index contributed by atoms with van der Waals surface area (Å²) >= 11 is 0. The topological polar surface area (TPSA) is 30.5 Å². The predicted molar refractivity (Wildman–Crippen MR) is 66.8 cm³/mol. The zero-order chi connectivity index (χ0) is 10.7. The highest BCUT2D eigenvalue weighted by atomic mass is 35.5. The Morgan fingerprint density at radius 1 is 1.25 bits per heavy atom. The number of halogens is 1. The highest BCUT2D eigenvalue weighted by Gasteiger charge is 2.13. The molecule has 1 N–H and O–H groups in total. The van der Waals surface area contributed by atoms with Gasteiger partial charge in [-0.2, -0.15) is 0 Å². The molecule has 0 atom stereocenters. The fourth-order valence-corrected chi connectivity index (χ4v) is 1.92. The van der Waals surface area contributed by atoms with Crippen molar-refractivity contribution in [1.82, 2.24) is 5.32 Å². The van der Waals surface area contributed by atoms with E-state index in [0.717, 1.165) is 31.0 Å². The Balaban J connectivity index is 0.00000128. The minimum Gasteiger partial charge on any atom is -0.493 e. The Morgan fingerprint density at radius 3 is 2.69 bits per heavy atom. The second kappa shape index (κ2) is 5.97. The van der Waals surface area contributed by atoms with Crippen LogP contribution in [0.15, 0.2) is 12.1 Å². The molecule has 1 aromatic carbocycles. The smallest absolute Gasteiger partial charge is 0.161 e. The van der Waals surface area contributed by atoms with Crippen LogP contribution < -0.4 is 14.8 Å². The van der Waals surface area contributed by atoms with Crippen molar-refractivity contribution in [3.05, 3.63) is 23.3 Å². The molecule has 1 aliphatic rings. The third-order valence-electron chi connectivity index (χ3n) is 2.67. The van der Waals surface area contributed by atoms with E-state index in [9.17, 15) is 0 Å². The van der Waals surface area contributed by atoms with Gasteiger partial charge in [0.25, 0.3) is 0 Å². The summed E-state index contributed by atoms with van der Waals surface area (Å²) in [5.41, 5.74) is 2.69. The lowest BCUT2D eigenvalue weighted by atomic mass is 10.0. The normalized spacial score (nSPS) is 13.6. The van der Waals surface area contributed by atoms with E-state index in [4.69, 9.17) is 9.47 Å². The van der Waals surface area contributed by atoms with E-state index in [1.807, 2.05) is 6.92 Å². The lowest BCUT2D eigenvalue weighted by molar-refractivity contribution is 0.310. The maximum atomic E-state index is 5.55. The summed E-state index contributed by atoms with van der Waals surface area (Å²) in [6, 6.07) is 4.19. The Hall–Kier alpha value is -0.930. The van der Waals surface area contributed by atoms with Gasteiger partial charge in [-0.1, -0.05) is 0 Å². The molecule has 0 fully saturated rings. The zero-order valence-electron chi connectivity index (χ0n) is 9.71. The van der Waals surface area contributed by atoms with Crippen molar-refractivity contribution in [3.63, 3.8) is 0 Å². The quantitative estimate of drug-likeness (QED) is 0.883. The lowest BCUT2D eigenvalue weighted by Gasteiger charge is -2.20. The van der Waals surface area contributed by atoms with E-state index in [1.54, 1.807) is 7.11 Å². The number of methoxy groups -OCH3 is 1. The van der Waals surface area contributed by atoms with Crippen molar-refractivity contribution in [2.45, 2.75) is 19.9 Å². The molecule has 0 amide bonds. The van der Waals surface area contributed by atoms with Crippen LogP contribution in [-0.2, 0) is 13.0 Å². The summed E-state index contributed by atoms with van der Waals surface area (Å²) in [4.78, 5) is 0. The van der Waals surface area contributed by atoms with Crippen LogP contribution in [0.25, 0.3) is 0 Å². The third kappa shape index (κ3) is 2.60. The molecule has 4 heteroatoms. The molecule has 0 saturated carbocycles. The van der Waals surface area contributed by atoms with Gasteiger partial charge in [-0.05, 0) is 43.1 Å². The summed E-state index contributed by atoms with van der Waals surface area (Å²) in [7, 11) is 1.68. The third-order valence-corrected chi connectivity index (χ3v) is 2.67.